The van der Waals surface area contributed by atoms with Gasteiger partial charge in [-0.25, -0.2) is 4.98 Å². The summed E-state index contributed by atoms with van der Waals surface area (Å²) >= 11 is 0. The lowest BCUT2D eigenvalue weighted by atomic mass is 10.0. The van der Waals surface area contributed by atoms with Crippen molar-refractivity contribution in [2.24, 2.45) is 5.92 Å². The number of aryl methyl sites for hydroxylation is 1. The number of hydrogen-bond acceptors (Lipinski definition) is 7. The van der Waals surface area contributed by atoms with E-state index in [0.29, 0.717) is 23.2 Å². The second kappa shape index (κ2) is 5.94. The Bertz CT molecular complexity index is 724. The van der Waals surface area contributed by atoms with E-state index in [-0.39, 0.29) is 17.6 Å². The fraction of sp³-hybridized carbons (Fsp3) is 0.533. The van der Waals surface area contributed by atoms with Gasteiger partial charge in [0.15, 0.2) is 5.82 Å². The molecule has 1 fully saturated rings. The van der Waals surface area contributed by atoms with Gasteiger partial charge in [0, 0.05) is 11.5 Å². The van der Waals surface area contributed by atoms with Crippen molar-refractivity contribution in [1.29, 1.82) is 0 Å². The zero-order valence-electron chi connectivity index (χ0n) is 13.3. The summed E-state index contributed by atoms with van der Waals surface area (Å²) in [6.45, 7) is 5.76. The molecule has 1 aliphatic rings. The largest absolute Gasteiger partial charge is 0.358 e. The van der Waals surface area contributed by atoms with Gasteiger partial charge in [0.05, 0.1) is 4.92 Å². The minimum Gasteiger partial charge on any atom is -0.358 e. The van der Waals surface area contributed by atoms with Crippen LogP contribution in [0.15, 0.2) is 16.8 Å². The molecule has 0 radical (unpaired) electrons. The first-order chi connectivity index (χ1) is 11.0. The van der Waals surface area contributed by atoms with E-state index in [1.54, 1.807) is 13.0 Å². The van der Waals surface area contributed by atoms with Crippen LogP contribution in [0, 0.1) is 23.0 Å². The molecule has 1 atom stereocenters. The molecular formula is C15H19N5O3. The van der Waals surface area contributed by atoms with Gasteiger partial charge in [0.1, 0.15) is 18.1 Å². The van der Waals surface area contributed by atoms with Crippen LogP contribution in [0.3, 0.4) is 0 Å². The molecular weight excluding hydrogens is 298 g/mol. The molecule has 3 rings (SSSR count). The average molecular weight is 317 g/mol. The van der Waals surface area contributed by atoms with E-state index in [0.717, 1.165) is 18.7 Å². The Morgan fingerprint density at radius 2 is 2.17 bits per heavy atom. The number of pyridine rings is 1. The van der Waals surface area contributed by atoms with Gasteiger partial charge in [-0.1, -0.05) is 19.0 Å². The van der Waals surface area contributed by atoms with Crippen LogP contribution in [-0.2, 0) is 0 Å². The van der Waals surface area contributed by atoms with Crippen molar-refractivity contribution in [3.05, 3.63) is 39.7 Å². The van der Waals surface area contributed by atoms with Crippen LogP contribution < -0.4 is 5.32 Å². The Morgan fingerprint density at radius 3 is 2.74 bits per heavy atom. The summed E-state index contributed by atoms with van der Waals surface area (Å²) in [7, 11) is 0. The molecule has 0 aromatic carbocycles. The number of anilines is 1. The average Bonchev–Trinajstić information content (AvgIpc) is 3.22. The first kappa shape index (κ1) is 15.4. The third-order valence-corrected chi connectivity index (χ3v) is 3.92. The summed E-state index contributed by atoms with van der Waals surface area (Å²) in [5, 5.41) is 18.2. The van der Waals surface area contributed by atoms with E-state index in [4.69, 9.17) is 4.52 Å². The second-order valence-corrected chi connectivity index (χ2v) is 6.24. The molecule has 0 unspecified atom stereocenters. The molecule has 1 saturated carbocycles. The smallest absolute Gasteiger partial charge is 0.290 e. The molecule has 8 heteroatoms. The number of nitrogens with one attached hydrogen (secondary N) is 1. The highest BCUT2D eigenvalue weighted by molar-refractivity contribution is 5.47. The Kier molecular flexibility index (Phi) is 3.97. The van der Waals surface area contributed by atoms with Crippen molar-refractivity contribution in [3.63, 3.8) is 0 Å². The Labute approximate surface area is 133 Å². The summed E-state index contributed by atoms with van der Waals surface area (Å²) in [5.41, 5.74) is 0.560. The number of aromatic nitrogens is 3. The molecule has 122 valence electrons. The summed E-state index contributed by atoms with van der Waals surface area (Å²) in [4.78, 5) is 19.0. The Morgan fingerprint density at radius 1 is 1.43 bits per heavy atom. The predicted octanol–water partition coefficient (Wildman–Crippen LogP) is 3.37. The van der Waals surface area contributed by atoms with Crippen molar-refractivity contribution in [2.45, 2.75) is 45.6 Å². The molecule has 1 N–H and O–H groups in total. The zero-order chi connectivity index (χ0) is 16.6. The van der Waals surface area contributed by atoms with Crippen molar-refractivity contribution in [3.8, 4) is 0 Å². The summed E-state index contributed by atoms with van der Waals surface area (Å²) in [6, 6.07) is 1.47. The molecule has 0 bridgehead atoms. The standard InChI is InChI=1S/C15H19N5O3/c1-8(2)13(15-18-14(19-23-15)10-4-5-10)17-12-6-9(3)11(7-16-12)20(21)22/h6-8,10,13H,4-5H2,1-3H3,(H,16,17)/t13-/m1/s1. The van der Waals surface area contributed by atoms with E-state index < -0.39 is 4.92 Å². The number of hydrogen-bond donors (Lipinski definition) is 1. The lowest BCUT2D eigenvalue weighted by Gasteiger charge is -2.19. The maximum atomic E-state index is 10.9. The van der Waals surface area contributed by atoms with Crippen LogP contribution in [0.25, 0.3) is 0 Å². The van der Waals surface area contributed by atoms with Gasteiger partial charge in [-0.05, 0) is 31.7 Å². The van der Waals surface area contributed by atoms with Crippen LogP contribution in [-0.4, -0.2) is 20.0 Å². The van der Waals surface area contributed by atoms with E-state index >= 15 is 0 Å². The van der Waals surface area contributed by atoms with Crippen LogP contribution in [0.4, 0.5) is 11.5 Å². The first-order valence-corrected chi connectivity index (χ1v) is 7.66. The predicted molar refractivity (Wildman–Crippen MR) is 83.1 cm³/mol. The fourth-order valence-electron chi connectivity index (χ4n) is 2.37. The quantitative estimate of drug-likeness (QED) is 0.642. The highest BCUT2D eigenvalue weighted by atomic mass is 16.6. The van der Waals surface area contributed by atoms with Gasteiger partial charge in [0.25, 0.3) is 5.69 Å². The normalized spacial score (nSPS) is 15.7. The number of nitrogens with zero attached hydrogens (tertiary/aromatic N) is 4. The molecule has 2 aromatic heterocycles. The molecule has 2 aromatic rings. The van der Waals surface area contributed by atoms with Gasteiger partial charge in [-0.3, -0.25) is 10.1 Å². The monoisotopic (exact) mass is 317 g/mol. The van der Waals surface area contributed by atoms with Crippen LogP contribution in [0.1, 0.15) is 55.9 Å². The molecule has 0 spiro atoms. The van der Waals surface area contributed by atoms with Crippen molar-refractivity contribution >= 4 is 11.5 Å². The van der Waals surface area contributed by atoms with Crippen molar-refractivity contribution < 1.29 is 9.45 Å². The van der Waals surface area contributed by atoms with E-state index in [2.05, 4.69) is 20.4 Å². The number of rotatable bonds is 6. The maximum Gasteiger partial charge on any atom is 0.290 e. The minimum atomic E-state index is -0.439. The van der Waals surface area contributed by atoms with Gasteiger partial charge in [0.2, 0.25) is 5.89 Å². The fourth-order valence-corrected chi connectivity index (χ4v) is 2.37. The highest BCUT2D eigenvalue weighted by Gasteiger charge is 2.31. The lowest BCUT2D eigenvalue weighted by Crippen LogP contribution is -2.18. The van der Waals surface area contributed by atoms with Gasteiger partial charge >= 0.3 is 0 Å². The Hall–Kier alpha value is -2.51. The molecule has 23 heavy (non-hydrogen) atoms. The third kappa shape index (κ3) is 3.30. The molecule has 1 aliphatic carbocycles. The van der Waals surface area contributed by atoms with Gasteiger partial charge in [-0.2, -0.15) is 4.98 Å². The number of nitro groups is 1. The molecule has 0 aliphatic heterocycles. The van der Waals surface area contributed by atoms with E-state index in [1.165, 1.54) is 6.20 Å². The SMILES string of the molecule is Cc1cc(N[C@@H](c2nc(C3CC3)no2)C(C)C)ncc1[N+](=O)[O-]. The van der Waals surface area contributed by atoms with Crippen LogP contribution in [0.5, 0.6) is 0 Å². The molecule has 0 saturated heterocycles. The summed E-state index contributed by atoms with van der Waals surface area (Å²) < 4.78 is 5.39. The van der Waals surface area contributed by atoms with Crippen LogP contribution in [0.2, 0.25) is 0 Å². The molecule has 8 nitrogen and oxygen atoms in total. The first-order valence-electron chi connectivity index (χ1n) is 7.66. The lowest BCUT2D eigenvalue weighted by molar-refractivity contribution is -0.385. The van der Waals surface area contributed by atoms with Gasteiger partial charge in [-0.15, -0.1) is 0 Å². The van der Waals surface area contributed by atoms with Crippen molar-refractivity contribution in [2.75, 3.05) is 5.32 Å². The summed E-state index contributed by atoms with van der Waals surface area (Å²) in [5.74, 6) is 2.47. The topological polar surface area (TPSA) is 107 Å². The van der Waals surface area contributed by atoms with Gasteiger partial charge < -0.3 is 9.84 Å². The second-order valence-electron chi connectivity index (χ2n) is 6.24. The van der Waals surface area contributed by atoms with E-state index in [9.17, 15) is 10.1 Å². The highest BCUT2D eigenvalue weighted by Crippen LogP contribution is 2.39. The van der Waals surface area contributed by atoms with Crippen LogP contribution >= 0.6 is 0 Å². The molecule has 2 heterocycles. The molecule has 0 amide bonds. The zero-order valence-corrected chi connectivity index (χ0v) is 13.3. The minimum absolute atomic E-state index is 0.00505. The maximum absolute atomic E-state index is 10.9. The van der Waals surface area contributed by atoms with E-state index in [1.807, 2.05) is 13.8 Å². The van der Waals surface area contributed by atoms with Crippen molar-refractivity contribution in [1.82, 2.24) is 15.1 Å². The Balaban J connectivity index is 1.81. The third-order valence-electron chi connectivity index (χ3n) is 3.92. The summed E-state index contributed by atoms with van der Waals surface area (Å²) in [6.07, 6.45) is 3.49.